The molecule has 1 atom stereocenters. The first-order valence-corrected chi connectivity index (χ1v) is 14.9. The predicted molar refractivity (Wildman–Crippen MR) is 155 cm³/mol. The topological polar surface area (TPSA) is 109 Å². The van der Waals surface area contributed by atoms with Crippen LogP contribution in [-0.2, 0) is 25.2 Å². The van der Waals surface area contributed by atoms with Gasteiger partial charge in [0.05, 0.1) is 18.0 Å². The number of aliphatic carboxylic acids is 1. The summed E-state index contributed by atoms with van der Waals surface area (Å²) in [4.78, 5) is 11.0. The molecule has 202 valence electrons. The van der Waals surface area contributed by atoms with E-state index in [1.54, 1.807) is 30.5 Å². The van der Waals surface area contributed by atoms with Crippen molar-refractivity contribution in [2.45, 2.75) is 10.5 Å². The van der Waals surface area contributed by atoms with Gasteiger partial charge < -0.3 is 9.84 Å². The molecule has 0 aliphatic carbocycles. The minimum absolute atomic E-state index is 0.0102. The van der Waals surface area contributed by atoms with Gasteiger partial charge in [0.15, 0.2) is 10.8 Å². The lowest BCUT2D eigenvalue weighted by molar-refractivity contribution is -0.131. The highest BCUT2D eigenvalue weighted by Crippen LogP contribution is 2.38. The molecule has 3 aromatic carbocycles. The lowest BCUT2D eigenvalue weighted by atomic mass is 9.85. The molecule has 1 unspecified atom stereocenters. The molecule has 0 aromatic heterocycles. The summed E-state index contributed by atoms with van der Waals surface area (Å²) in [6.07, 6.45) is 4.09. The summed E-state index contributed by atoms with van der Waals surface area (Å²) >= 11 is 13.2. The summed E-state index contributed by atoms with van der Waals surface area (Å²) < 4.78 is 36.8. The quantitative estimate of drug-likeness (QED) is 0.200. The Hall–Kier alpha value is -3.15. The average Bonchev–Trinajstić information content (AvgIpc) is 3.31. The number of benzene rings is 3. The van der Waals surface area contributed by atoms with Crippen LogP contribution in [0.1, 0.15) is 11.1 Å². The molecule has 0 saturated carbocycles. The smallest absolute Gasteiger partial charge is 0.328 e. The van der Waals surface area contributed by atoms with Gasteiger partial charge in [-0.15, -0.1) is 4.40 Å². The third-order valence-electron chi connectivity index (χ3n) is 5.73. The molecule has 39 heavy (non-hydrogen) atoms. The van der Waals surface area contributed by atoms with E-state index in [2.05, 4.69) is 4.40 Å². The van der Waals surface area contributed by atoms with Gasteiger partial charge in [0, 0.05) is 21.7 Å². The number of thioether (sulfide) groups is 1. The third-order valence-corrected chi connectivity index (χ3v) is 8.30. The zero-order valence-corrected chi connectivity index (χ0v) is 23.7. The number of hydrazone groups is 1. The van der Waals surface area contributed by atoms with Gasteiger partial charge in [-0.05, 0) is 48.2 Å². The first-order valence-electron chi connectivity index (χ1n) is 11.5. The van der Waals surface area contributed by atoms with Crippen molar-refractivity contribution >= 4 is 61.8 Å². The maximum Gasteiger partial charge on any atom is 0.328 e. The zero-order chi connectivity index (χ0) is 28.0. The lowest BCUT2D eigenvalue weighted by Gasteiger charge is -2.31. The standard InChI is InChI=1S/C27H23Cl2N3O5S2/c1-38-26(31-39(35,36)23-15-13-22(29)14-16-23)32-18-27(20-6-3-2-4-7-20,37-17-5-8-24(33)34)25(30-32)19-9-11-21(28)12-10-19/h2-16H,17-18H2,1H3,(H,33,34)/b8-5+,31-26?. The van der Waals surface area contributed by atoms with E-state index >= 15 is 0 Å². The van der Waals surface area contributed by atoms with Gasteiger partial charge >= 0.3 is 5.97 Å². The Morgan fingerprint density at radius 3 is 2.28 bits per heavy atom. The molecular formula is C27H23Cl2N3O5S2. The van der Waals surface area contributed by atoms with Crippen molar-refractivity contribution in [3.63, 3.8) is 0 Å². The van der Waals surface area contributed by atoms with Crippen molar-refractivity contribution in [1.82, 2.24) is 5.01 Å². The van der Waals surface area contributed by atoms with Gasteiger partial charge in [0.25, 0.3) is 10.0 Å². The summed E-state index contributed by atoms with van der Waals surface area (Å²) in [7, 11) is -4.08. The largest absolute Gasteiger partial charge is 0.478 e. The zero-order valence-electron chi connectivity index (χ0n) is 20.6. The van der Waals surface area contributed by atoms with Gasteiger partial charge in [0.2, 0.25) is 0 Å². The van der Waals surface area contributed by atoms with E-state index < -0.39 is 21.6 Å². The fraction of sp³-hybridized carbons (Fsp3) is 0.148. The second-order valence-corrected chi connectivity index (χ2v) is 11.5. The minimum Gasteiger partial charge on any atom is -0.478 e. The number of nitrogens with zero attached hydrogens (tertiary/aromatic N) is 3. The van der Waals surface area contributed by atoms with Crippen molar-refractivity contribution in [1.29, 1.82) is 0 Å². The molecule has 1 aliphatic heterocycles. The first kappa shape index (κ1) is 28.8. The summed E-state index contributed by atoms with van der Waals surface area (Å²) in [5.41, 5.74) is 0.720. The molecule has 0 spiro atoms. The first-order chi connectivity index (χ1) is 18.6. The average molecular weight is 605 g/mol. The number of carbonyl (C=O) groups is 1. The van der Waals surface area contributed by atoms with E-state index in [1.165, 1.54) is 35.4 Å². The number of sulfonamides is 1. The van der Waals surface area contributed by atoms with E-state index in [0.29, 0.717) is 21.3 Å². The highest BCUT2D eigenvalue weighted by Gasteiger charge is 2.47. The van der Waals surface area contributed by atoms with Crippen molar-refractivity contribution in [2.75, 3.05) is 19.4 Å². The number of ether oxygens (including phenoxy) is 1. The monoisotopic (exact) mass is 603 g/mol. The number of amidine groups is 1. The minimum atomic E-state index is -4.08. The Labute approximate surface area is 240 Å². The van der Waals surface area contributed by atoms with Crippen LogP contribution in [0, 0.1) is 0 Å². The Morgan fingerprint density at radius 2 is 1.69 bits per heavy atom. The number of halogens is 2. The van der Waals surface area contributed by atoms with E-state index in [-0.39, 0.29) is 23.2 Å². The molecule has 1 heterocycles. The van der Waals surface area contributed by atoms with Crippen molar-refractivity contribution in [3.8, 4) is 0 Å². The van der Waals surface area contributed by atoms with Crippen LogP contribution in [0.5, 0.6) is 0 Å². The summed E-state index contributed by atoms with van der Waals surface area (Å²) in [6.45, 7) is 0.0299. The molecule has 8 nitrogen and oxygen atoms in total. The molecule has 1 N–H and O–H groups in total. The second kappa shape index (κ2) is 12.4. The molecule has 12 heteroatoms. The Bertz CT molecular complexity index is 1530. The molecule has 1 aliphatic rings. The summed E-state index contributed by atoms with van der Waals surface area (Å²) in [6, 6.07) is 22.1. The van der Waals surface area contributed by atoms with Crippen LogP contribution in [0.3, 0.4) is 0 Å². The van der Waals surface area contributed by atoms with E-state index in [9.17, 15) is 13.2 Å². The second-order valence-electron chi connectivity index (χ2n) is 8.26. The number of carboxylic acid groups (broad SMARTS) is 1. The van der Waals surface area contributed by atoms with Crippen LogP contribution in [-0.4, -0.2) is 54.8 Å². The highest BCUT2D eigenvalue weighted by molar-refractivity contribution is 8.13. The number of hydrogen-bond donors (Lipinski definition) is 1. The summed E-state index contributed by atoms with van der Waals surface area (Å²) in [5.74, 6) is -1.10. The van der Waals surface area contributed by atoms with Gasteiger partial charge in [-0.2, -0.15) is 13.5 Å². The van der Waals surface area contributed by atoms with Crippen molar-refractivity contribution in [2.24, 2.45) is 9.50 Å². The van der Waals surface area contributed by atoms with Gasteiger partial charge in [-0.25, -0.2) is 9.80 Å². The van der Waals surface area contributed by atoms with E-state index in [0.717, 1.165) is 23.4 Å². The maximum atomic E-state index is 13.1. The van der Waals surface area contributed by atoms with Gasteiger partial charge in [0.1, 0.15) is 5.71 Å². The van der Waals surface area contributed by atoms with Crippen LogP contribution >= 0.6 is 35.0 Å². The Balaban J connectivity index is 1.83. The van der Waals surface area contributed by atoms with Crippen LogP contribution in [0.25, 0.3) is 0 Å². The highest BCUT2D eigenvalue weighted by atomic mass is 35.5. The molecular weight excluding hydrogens is 581 g/mol. The fourth-order valence-electron chi connectivity index (χ4n) is 3.96. The number of hydrogen-bond acceptors (Lipinski definition) is 6. The lowest BCUT2D eigenvalue weighted by Crippen LogP contribution is -2.42. The van der Waals surface area contributed by atoms with Crippen molar-refractivity contribution in [3.05, 3.63) is 112 Å². The van der Waals surface area contributed by atoms with Gasteiger partial charge in [-0.3, -0.25) is 0 Å². The SMILES string of the molecule is CSC(=NS(=O)(=O)c1ccc(Cl)cc1)N1CC(OC/C=C/C(=O)O)(c2ccccc2)C(c2ccc(Cl)cc2)=N1. The van der Waals surface area contributed by atoms with Crippen LogP contribution in [0.2, 0.25) is 10.0 Å². The van der Waals surface area contributed by atoms with E-state index in [1.807, 2.05) is 30.3 Å². The molecule has 0 bridgehead atoms. The Morgan fingerprint density at radius 1 is 1.08 bits per heavy atom. The number of carboxylic acids is 1. The summed E-state index contributed by atoms with van der Waals surface area (Å²) in [5, 5.41) is 16.4. The fourth-order valence-corrected chi connectivity index (χ4v) is 6.00. The molecule has 0 fully saturated rings. The normalized spacial score (nSPS) is 18.0. The van der Waals surface area contributed by atoms with Crippen LogP contribution < -0.4 is 0 Å². The molecule has 4 rings (SSSR count). The molecule has 0 saturated heterocycles. The molecule has 0 radical (unpaired) electrons. The molecule has 3 aromatic rings. The number of rotatable bonds is 8. The maximum absolute atomic E-state index is 13.1. The van der Waals surface area contributed by atoms with Gasteiger partial charge in [-0.1, -0.05) is 83.5 Å². The van der Waals surface area contributed by atoms with Crippen LogP contribution in [0.15, 0.2) is 105 Å². The van der Waals surface area contributed by atoms with Crippen molar-refractivity contribution < 1.29 is 23.1 Å². The predicted octanol–water partition coefficient (Wildman–Crippen LogP) is 5.67. The van der Waals surface area contributed by atoms with E-state index in [4.69, 9.17) is 38.1 Å². The Kier molecular flexibility index (Phi) is 9.14. The van der Waals surface area contributed by atoms with Crippen LogP contribution in [0.4, 0.5) is 0 Å². The molecule has 0 amide bonds. The third kappa shape index (κ3) is 6.71.